The molecule has 2 heteroatoms. The molecule has 0 N–H and O–H groups in total. The van der Waals surface area contributed by atoms with Gasteiger partial charge in [-0.25, -0.2) is 0 Å². The van der Waals surface area contributed by atoms with Crippen LogP contribution in [0, 0.1) is 0 Å². The summed E-state index contributed by atoms with van der Waals surface area (Å²) in [4.78, 5) is 4.55. The molecule has 8 rings (SSSR count). The molecule has 0 saturated heterocycles. The lowest BCUT2D eigenvalue weighted by Crippen LogP contribution is -1.85. The predicted molar refractivity (Wildman–Crippen MR) is 135 cm³/mol. The Hall–Kier alpha value is -4.17. The van der Waals surface area contributed by atoms with Gasteiger partial charge in [0.1, 0.15) is 0 Å². The van der Waals surface area contributed by atoms with Gasteiger partial charge in [0.2, 0.25) is 0 Å². The van der Waals surface area contributed by atoms with Crippen LogP contribution < -0.4 is 0 Å². The van der Waals surface area contributed by atoms with Gasteiger partial charge in [-0.1, -0.05) is 49.0 Å². The molecule has 3 aromatic heterocycles. The Kier molecular flexibility index (Phi) is 2.86. The Balaban J connectivity index is 1.68. The third kappa shape index (κ3) is 1.81. The number of para-hydroxylation sites is 1. The fourth-order valence-electron chi connectivity index (χ4n) is 6.04. The first-order chi connectivity index (χ1) is 15.8. The first-order valence-corrected chi connectivity index (χ1v) is 11.1. The lowest BCUT2D eigenvalue weighted by Gasteiger charge is -2.06. The largest absolute Gasteiger partial charge is 0.308 e. The number of benzene rings is 4. The summed E-state index contributed by atoms with van der Waals surface area (Å²) in [5.74, 6) is 0. The Labute approximate surface area is 184 Å². The zero-order chi connectivity index (χ0) is 21.0. The van der Waals surface area contributed by atoms with Gasteiger partial charge >= 0.3 is 0 Å². The predicted octanol–water partition coefficient (Wildman–Crippen LogP) is 7.60. The normalized spacial score (nSPS) is 13.0. The molecular formula is C30H18N2. The van der Waals surface area contributed by atoms with Gasteiger partial charge in [0.15, 0.2) is 0 Å². The van der Waals surface area contributed by atoms with E-state index in [0.29, 0.717) is 0 Å². The highest BCUT2D eigenvalue weighted by Gasteiger charge is 2.27. The molecule has 7 aromatic rings. The molecule has 0 spiro atoms. The summed E-state index contributed by atoms with van der Waals surface area (Å²) in [5.41, 5.74) is 10.5. The highest BCUT2D eigenvalue weighted by molar-refractivity contribution is 6.27. The highest BCUT2D eigenvalue weighted by Crippen LogP contribution is 2.48. The highest BCUT2D eigenvalue weighted by atomic mass is 14.9. The maximum absolute atomic E-state index is 4.55. The summed E-state index contributed by atoms with van der Waals surface area (Å²) in [5, 5.41) is 7.72. The van der Waals surface area contributed by atoms with Crippen molar-refractivity contribution in [1.29, 1.82) is 0 Å². The third-order valence-electron chi connectivity index (χ3n) is 7.36. The van der Waals surface area contributed by atoms with Crippen LogP contribution in [-0.2, 0) is 6.42 Å². The first-order valence-electron chi connectivity index (χ1n) is 11.1. The molecule has 32 heavy (non-hydrogen) atoms. The average molecular weight is 406 g/mol. The summed E-state index contributed by atoms with van der Waals surface area (Å²) < 4.78 is 2.48. The van der Waals surface area contributed by atoms with E-state index in [2.05, 4.69) is 88.8 Å². The molecule has 1 aliphatic rings. The molecule has 0 bridgehead atoms. The zero-order valence-electron chi connectivity index (χ0n) is 17.4. The second-order valence-electron chi connectivity index (χ2n) is 8.85. The van der Waals surface area contributed by atoms with Crippen LogP contribution in [0.25, 0.3) is 66.1 Å². The van der Waals surface area contributed by atoms with Crippen LogP contribution >= 0.6 is 0 Å². The van der Waals surface area contributed by atoms with Crippen LogP contribution in [0.5, 0.6) is 0 Å². The molecule has 0 unspecified atom stereocenters. The fourth-order valence-corrected chi connectivity index (χ4v) is 6.04. The van der Waals surface area contributed by atoms with Crippen molar-refractivity contribution < 1.29 is 0 Å². The maximum atomic E-state index is 4.55. The zero-order valence-corrected chi connectivity index (χ0v) is 17.4. The van der Waals surface area contributed by atoms with E-state index in [1.165, 1.54) is 65.7 Å². The summed E-state index contributed by atoms with van der Waals surface area (Å²) in [6, 6.07) is 26.9. The number of fused-ring (bicyclic) bond motifs is 11. The molecule has 0 atom stereocenters. The average Bonchev–Trinajstić information content (AvgIpc) is 3.48. The molecule has 0 amide bonds. The maximum Gasteiger partial charge on any atom is 0.0702 e. The Morgan fingerprint density at radius 3 is 2.59 bits per heavy atom. The van der Waals surface area contributed by atoms with E-state index in [4.69, 9.17) is 0 Å². The van der Waals surface area contributed by atoms with E-state index in [1.807, 2.05) is 12.3 Å². The van der Waals surface area contributed by atoms with Crippen molar-refractivity contribution in [2.75, 3.05) is 0 Å². The van der Waals surface area contributed by atoms with Crippen molar-refractivity contribution >= 4 is 54.9 Å². The fraction of sp³-hybridized carbons (Fsp3) is 0.0333. The molecular weight excluding hydrogens is 388 g/mol. The van der Waals surface area contributed by atoms with Gasteiger partial charge in [-0.2, -0.15) is 0 Å². The Morgan fingerprint density at radius 2 is 1.66 bits per heavy atom. The van der Waals surface area contributed by atoms with E-state index in [9.17, 15) is 0 Å². The summed E-state index contributed by atoms with van der Waals surface area (Å²) in [7, 11) is 0. The van der Waals surface area contributed by atoms with Gasteiger partial charge in [-0.3, -0.25) is 4.98 Å². The monoisotopic (exact) mass is 406 g/mol. The molecule has 0 aliphatic heterocycles. The van der Waals surface area contributed by atoms with E-state index < -0.39 is 0 Å². The minimum absolute atomic E-state index is 0.939. The second kappa shape index (κ2) is 5.54. The summed E-state index contributed by atoms with van der Waals surface area (Å²) in [6.45, 7) is 3.99. The summed E-state index contributed by atoms with van der Waals surface area (Å²) in [6.07, 6.45) is 4.73. The topological polar surface area (TPSA) is 17.3 Å². The van der Waals surface area contributed by atoms with Crippen LogP contribution in [0.4, 0.5) is 0 Å². The number of rotatable bonds is 1. The van der Waals surface area contributed by atoms with Crippen LogP contribution in [0.2, 0.25) is 0 Å². The molecule has 1 aliphatic carbocycles. The van der Waals surface area contributed by atoms with Gasteiger partial charge in [-0.05, 0) is 70.5 Å². The van der Waals surface area contributed by atoms with Crippen LogP contribution in [0.1, 0.15) is 16.8 Å². The number of nitrogens with zero attached hydrogens (tertiary/aromatic N) is 2. The van der Waals surface area contributed by atoms with E-state index in [0.717, 1.165) is 17.5 Å². The van der Waals surface area contributed by atoms with Gasteiger partial charge in [0.25, 0.3) is 0 Å². The quantitative estimate of drug-likeness (QED) is 0.274. The number of aromatic nitrogens is 2. The van der Waals surface area contributed by atoms with Gasteiger partial charge in [0, 0.05) is 33.1 Å². The second-order valence-corrected chi connectivity index (χ2v) is 8.85. The first kappa shape index (κ1) is 16.5. The van der Waals surface area contributed by atoms with E-state index in [1.54, 1.807) is 0 Å². The Morgan fingerprint density at radius 1 is 0.781 bits per heavy atom. The van der Waals surface area contributed by atoms with Crippen molar-refractivity contribution in [1.82, 2.24) is 9.38 Å². The van der Waals surface area contributed by atoms with E-state index in [-0.39, 0.29) is 0 Å². The van der Waals surface area contributed by atoms with Crippen molar-refractivity contribution in [3.63, 3.8) is 0 Å². The molecule has 148 valence electrons. The number of pyridine rings is 1. The SMILES string of the molecule is C=Cc1nccc2cc3c(cc12)c1cc2c(c4c5ccccc5n3c14)Cc1ccccc1-2. The van der Waals surface area contributed by atoms with Crippen molar-refractivity contribution in [3.05, 3.63) is 102 Å². The minimum atomic E-state index is 0.939. The molecule has 2 nitrogen and oxygen atoms in total. The Bertz CT molecular complexity index is 1920. The van der Waals surface area contributed by atoms with Crippen molar-refractivity contribution in [2.24, 2.45) is 0 Å². The van der Waals surface area contributed by atoms with Crippen LogP contribution in [0.3, 0.4) is 0 Å². The lowest BCUT2D eigenvalue weighted by atomic mass is 9.97. The minimum Gasteiger partial charge on any atom is -0.308 e. The van der Waals surface area contributed by atoms with Crippen LogP contribution in [-0.4, -0.2) is 9.38 Å². The summed E-state index contributed by atoms with van der Waals surface area (Å²) >= 11 is 0. The molecule has 0 fully saturated rings. The van der Waals surface area contributed by atoms with E-state index >= 15 is 0 Å². The standard InChI is InChI=1S/C30H18N2/c1-2-26-21-15-23-25-16-22-19-8-4-3-7-17(19)13-24(22)29-20-9-5-6-10-27(20)32(30(25)29)28(23)14-18(21)11-12-31-26/h2-12,14-16H,1,13H2. The molecule has 0 radical (unpaired) electrons. The number of hydrogen-bond acceptors (Lipinski definition) is 1. The van der Waals surface area contributed by atoms with Crippen molar-refractivity contribution in [3.8, 4) is 11.1 Å². The van der Waals surface area contributed by atoms with Crippen molar-refractivity contribution in [2.45, 2.75) is 6.42 Å². The number of hydrogen-bond donors (Lipinski definition) is 0. The van der Waals surface area contributed by atoms with Gasteiger partial charge in [-0.15, -0.1) is 0 Å². The molecule has 0 saturated carbocycles. The molecule has 4 aromatic carbocycles. The van der Waals surface area contributed by atoms with Gasteiger partial charge in [0.05, 0.1) is 22.2 Å². The smallest absolute Gasteiger partial charge is 0.0702 e. The van der Waals surface area contributed by atoms with Gasteiger partial charge < -0.3 is 4.40 Å². The lowest BCUT2D eigenvalue weighted by molar-refractivity contribution is 1.29. The van der Waals surface area contributed by atoms with Crippen LogP contribution in [0.15, 0.2) is 85.6 Å². The third-order valence-corrected chi connectivity index (χ3v) is 7.36. The molecule has 3 heterocycles.